The Morgan fingerprint density at radius 3 is 2.36 bits per heavy atom. The monoisotopic (exact) mass is 330 g/mol. The quantitative estimate of drug-likeness (QED) is 0.771. The fraction of sp³-hybridized carbons (Fsp3) is 0.211. The number of benzene rings is 1. The normalized spacial score (nSPS) is 14.3. The molecule has 1 saturated heterocycles. The number of hydrogen-bond acceptors (Lipinski definition) is 5. The van der Waals surface area contributed by atoms with E-state index < -0.39 is 0 Å². The molecule has 1 aliphatic rings. The van der Waals surface area contributed by atoms with Crippen molar-refractivity contribution >= 4 is 5.82 Å². The number of aromatic amines is 1. The number of nitrogens with one attached hydrogen (secondary N) is 2. The Kier molecular flexibility index (Phi) is 4.15. The summed E-state index contributed by atoms with van der Waals surface area (Å²) in [6.45, 7) is 3.76. The van der Waals surface area contributed by atoms with E-state index in [0.29, 0.717) is 5.56 Å². The first-order valence-electron chi connectivity index (χ1n) is 8.32. The first-order valence-corrected chi connectivity index (χ1v) is 8.32. The zero-order valence-corrected chi connectivity index (χ0v) is 13.7. The molecule has 0 radical (unpaired) electrons. The maximum atomic E-state index is 9.02. The smallest absolute Gasteiger partial charge is 0.159 e. The summed E-state index contributed by atoms with van der Waals surface area (Å²) in [7, 11) is 0. The Morgan fingerprint density at radius 1 is 0.960 bits per heavy atom. The summed E-state index contributed by atoms with van der Waals surface area (Å²) in [4.78, 5) is 6.43. The summed E-state index contributed by atoms with van der Waals surface area (Å²) in [6, 6.07) is 13.7. The van der Waals surface area contributed by atoms with E-state index in [2.05, 4.69) is 31.5 Å². The highest BCUT2D eigenvalue weighted by Gasteiger charge is 2.22. The zero-order valence-electron chi connectivity index (χ0n) is 13.7. The molecule has 25 heavy (non-hydrogen) atoms. The second kappa shape index (κ2) is 6.75. The van der Waals surface area contributed by atoms with Gasteiger partial charge < -0.3 is 10.2 Å². The van der Waals surface area contributed by atoms with Crippen LogP contribution in [0.15, 0.2) is 48.8 Å². The van der Waals surface area contributed by atoms with E-state index in [0.717, 1.165) is 54.4 Å². The summed E-state index contributed by atoms with van der Waals surface area (Å²) in [5.41, 5.74) is 4.78. The summed E-state index contributed by atoms with van der Waals surface area (Å²) in [5, 5.41) is 20.2. The van der Waals surface area contributed by atoms with E-state index in [1.807, 2.05) is 36.4 Å². The lowest BCUT2D eigenvalue weighted by Gasteiger charge is -2.28. The molecule has 0 aliphatic carbocycles. The van der Waals surface area contributed by atoms with E-state index in [-0.39, 0.29) is 0 Å². The predicted octanol–water partition coefficient (Wildman–Crippen LogP) is 2.42. The van der Waals surface area contributed by atoms with E-state index in [1.54, 1.807) is 12.4 Å². The first-order chi connectivity index (χ1) is 12.4. The Hall–Kier alpha value is -3.17. The van der Waals surface area contributed by atoms with Crippen molar-refractivity contribution in [2.45, 2.75) is 0 Å². The molecule has 6 heteroatoms. The van der Waals surface area contributed by atoms with Crippen LogP contribution >= 0.6 is 0 Å². The van der Waals surface area contributed by atoms with Crippen molar-refractivity contribution < 1.29 is 0 Å². The van der Waals surface area contributed by atoms with Gasteiger partial charge in [0.05, 0.1) is 22.9 Å². The number of rotatable bonds is 3. The molecule has 2 aromatic heterocycles. The Balaban J connectivity index is 1.83. The van der Waals surface area contributed by atoms with Gasteiger partial charge in [-0.2, -0.15) is 10.4 Å². The second-order valence-electron chi connectivity index (χ2n) is 5.96. The average Bonchev–Trinajstić information content (AvgIpc) is 3.14. The molecule has 124 valence electrons. The summed E-state index contributed by atoms with van der Waals surface area (Å²) in [5.74, 6) is 0.965. The average molecular weight is 330 g/mol. The Morgan fingerprint density at radius 2 is 1.68 bits per heavy atom. The number of nitrogens with zero attached hydrogens (tertiary/aromatic N) is 4. The third kappa shape index (κ3) is 2.97. The number of aromatic nitrogens is 3. The molecular weight excluding hydrogens is 312 g/mol. The lowest BCUT2D eigenvalue weighted by molar-refractivity contribution is 0.585. The topological polar surface area (TPSA) is 80.6 Å². The van der Waals surface area contributed by atoms with E-state index in [1.165, 1.54) is 0 Å². The molecule has 6 nitrogen and oxygen atoms in total. The van der Waals surface area contributed by atoms with Crippen LogP contribution < -0.4 is 10.2 Å². The van der Waals surface area contributed by atoms with Gasteiger partial charge in [-0.1, -0.05) is 12.1 Å². The standard InChI is InChI=1S/C19H18N6/c20-13-14-1-3-16(4-2-14)18-17(15-5-7-21-8-6-15)19(24-23-18)25-11-9-22-10-12-25/h1-8,22H,9-12H2,(H,23,24). The van der Waals surface area contributed by atoms with Crippen LogP contribution in [0.4, 0.5) is 5.82 Å². The van der Waals surface area contributed by atoms with Crippen LogP contribution in [0.5, 0.6) is 0 Å². The molecule has 0 amide bonds. The summed E-state index contributed by atoms with van der Waals surface area (Å²) < 4.78 is 0. The van der Waals surface area contributed by atoms with Crippen molar-refractivity contribution in [1.82, 2.24) is 20.5 Å². The van der Waals surface area contributed by atoms with E-state index in [4.69, 9.17) is 5.26 Å². The van der Waals surface area contributed by atoms with E-state index >= 15 is 0 Å². The molecule has 1 fully saturated rings. The number of pyridine rings is 1. The molecule has 0 bridgehead atoms. The molecule has 0 spiro atoms. The lowest BCUT2D eigenvalue weighted by atomic mass is 10.0. The molecule has 0 atom stereocenters. The van der Waals surface area contributed by atoms with Gasteiger partial charge in [0.1, 0.15) is 0 Å². The predicted molar refractivity (Wildman–Crippen MR) is 97.1 cm³/mol. The van der Waals surface area contributed by atoms with Crippen LogP contribution in [0.25, 0.3) is 22.4 Å². The number of anilines is 1. The van der Waals surface area contributed by atoms with Crippen LogP contribution in [0.1, 0.15) is 5.56 Å². The highest BCUT2D eigenvalue weighted by Crippen LogP contribution is 2.37. The second-order valence-corrected chi connectivity index (χ2v) is 5.96. The van der Waals surface area contributed by atoms with Gasteiger partial charge in [-0.25, -0.2) is 0 Å². The van der Waals surface area contributed by atoms with Crippen LogP contribution in [-0.4, -0.2) is 41.4 Å². The minimum absolute atomic E-state index is 0.649. The van der Waals surface area contributed by atoms with Crippen molar-refractivity contribution in [2.75, 3.05) is 31.1 Å². The van der Waals surface area contributed by atoms with Crippen LogP contribution in [-0.2, 0) is 0 Å². The molecule has 1 aromatic carbocycles. The fourth-order valence-electron chi connectivity index (χ4n) is 3.15. The third-order valence-electron chi connectivity index (χ3n) is 4.44. The Bertz CT molecular complexity index is 886. The molecule has 1 aliphatic heterocycles. The van der Waals surface area contributed by atoms with Crippen molar-refractivity contribution in [3.8, 4) is 28.5 Å². The zero-order chi connectivity index (χ0) is 17.1. The minimum atomic E-state index is 0.649. The van der Waals surface area contributed by atoms with Gasteiger partial charge >= 0.3 is 0 Å². The van der Waals surface area contributed by atoms with Crippen molar-refractivity contribution in [1.29, 1.82) is 5.26 Å². The first kappa shape index (κ1) is 15.4. The maximum absolute atomic E-state index is 9.02. The highest BCUT2D eigenvalue weighted by atomic mass is 15.3. The molecule has 0 saturated carbocycles. The largest absolute Gasteiger partial charge is 0.352 e. The minimum Gasteiger partial charge on any atom is -0.352 e. The fourth-order valence-corrected chi connectivity index (χ4v) is 3.15. The molecule has 2 N–H and O–H groups in total. The van der Waals surface area contributed by atoms with Gasteiger partial charge in [-0.15, -0.1) is 0 Å². The van der Waals surface area contributed by atoms with Gasteiger partial charge in [-0.05, 0) is 29.8 Å². The Labute approximate surface area is 146 Å². The molecular formula is C19H18N6. The molecule has 0 unspecified atom stereocenters. The van der Waals surface area contributed by atoms with Gasteiger partial charge in [-0.3, -0.25) is 10.1 Å². The van der Waals surface area contributed by atoms with Crippen LogP contribution in [0, 0.1) is 11.3 Å². The SMILES string of the molecule is N#Cc1ccc(-c2[nH]nc(N3CCNCC3)c2-c2ccncc2)cc1. The van der Waals surface area contributed by atoms with Gasteiger partial charge in [0.25, 0.3) is 0 Å². The number of hydrogen-bond donors (Lipinski definition) is 2. The van der Waals surface area contributed by atoms with Crippen molar-refractivity contribution in [2.24, 2.45) is 0 Å². The van der Waals surface area contributed by atoms with Crippen molar-refractivity contribution in [3.63, 3.8) is 0 Å². The van der Waals surface area contributed by atoms with Gasteiger partial charge in [0.2, 0.25) is 0 Å². The molecule has 3 heterocycles. The number of nitriles is 1. The maximum Gasteiger partial charge on any atom is 0.159 e. The highest BCUT2D eigenvalue weighted by molar-refractivity contribution is 5.89. The summed E-state index contributed by atoms with van der Waals surface area (Å²) >= 11 is 0. The van der Waals surface area contributed by atoms with Crippen molar-refractivity contribution in [3.05, 3.63) is 54.4 Å². The van der Waals surface area contributed by atoms with E-state index in [9.17, 15) is 0 Å². The van der Waals surface area contributed by atoms with Gasteiger partial charge in [0.15, 0.2) is 5.82 Å². The van der Waals surface area contributed by atoms with Crippen LogP contribution in [0.2, 0.25) is 0 Å². The summed E-state index contributed by atoms with van der Waals surface area (Å²) in [6.07, 6.45) is 3.60. The third-order valence-corrected chi connectivity index (χ3v) is 4.44. The number of piperazine rings is 1. The van der Waals surface area contributed by atoms with Crippen LogP contribution in [0.3, 0.4) is 0 Å². The molecule has 4 rings (SSSR count). The van der Waals surface area contributed by atoms with Gasteiger partial charge in [0, 0.05) is 44.1 Å². The number of H-pyrrole nitrogens is 1. The lowest BCUT2D eigenvalue weighted by Crippen LogP contribution is -2.43. The molecule has 3 aromatic rings.